The van der Waals surface area contributed by atoms with E-state index in [0.717, 1.165) is 0 Å². The molecule has 0 aliphatic carbocycles. The van der Waals surface area contributed by atoms with E-state index < -0.39 is 5.62 Å². The second-order valence-corrected chi connectivity index (χ2v) is 2.14. The number of nitrogens with one attached hydrogen (secondary N) is 2. The monoisotopic (exact) mass is 170 g/mol. The zero-order valence-corrected chi connectivity index (χ0v) is 6.50. The summed E-state index contributed by atoms with van der Waals surface area (Å²) in [5.41, 5.74) is 10.7. The Kier molecular flexibility index (Phi) is 1.78. The van der Waals surface area contributed by atoms with Crippen molar-refractivity contribution in [3.63, 3.8) is 0 Å². The van der Waals surface area contributed by atoms with E-state index in [0.29, 0.717) is 10.4 Å². The van der Waals surface area contributed by atoms with Crippen molar-refractivity contribution in [1.29, 1.82) is 5.41 Å². The van der Waals surface area contributed by atoms with E-state index in [4.69, 9.17) is 22.1 Å². The van der Waals surface area contributed by atoms with E-state index in [-0.39, 0.29) is 11.6 Å². The zero-order chi connectivity index (χ0) is 9.30. The van der Waals surface area contributed by atoms with Crippen molar-refractivity contribution < 1.29 is 5.21 Å². The summed E-state index contributed by atoms with van der Waals surface area (Å²) in [6.45, 7) is 0. The Hall–Kier alpha value is -1.92. The van der Waals surface area contributed by atoms with Crippen LogP contribution in [0.2, 0.25) is 0 Å². The van der Waals surface area contributed by atoms with Crippen molar-refractivity contribution in [2.75, 3.05) is 23.8 Å². The molecule has 0 saturated heterocycles. The molecule has 0 unspecified atom stereocenters. The summed E-state index contributed by atoms with van der Waals surface area (Å²) in [7, 11) is 1.59. The largest absolute Gasteiger partial charge is 0.423 e. The van der Waals surface area contributed by atoms with E-state index in [9.17, 15) is 0 Å². The quantitative estimate of drug-likeness (QED) is 0.338. The Morgan fingerprint density at radius 2 is 2.17 bits per heavy atom. The van der Waals surface area contributed by atoms with Gasteiger partial charge in [0.05, 0.1) is 0 Å². The highest BCUT2D eigenvalue weighted by atomic mass is 16.5. The molecule has 7 heteroatoms. The fraction of sp³-hybridized carbons (Fsp3) is 0.200. The topological polar surface area (TPSA) is 126 Å². The van der Waals surface area contributed by atoms with Crippen LogP contribution < -0.4 is 22.4 Å². The molecule has 66 valence electrons. The van der Waals surface area contributed by atoms with E-state index >= 15 is 0 Å². The van der Waals surface area contributed by atoms with Gasteiger partial charge in [0.1, 0.15) is 5.69 Å². The molecule has 0 aliphatic rings. The van der Waals surface area contributed by atoms with Gasteiger partial charge in [-0.25, -0.2) is 0 Å². The van der Waals surface area contributed by atoms with Crippen molar-refractivity contribution in [1.82, 2.24) is 9.71 Å². The second kappa shape index (κ2) is 2.61. The predicted octanol–water partition coefficient (Wildman–Crippen LogP) is -1.19. The van der Waals surface area contributed by atoms with Crippen LogP contribution >= 0.6 is 0 Å². The van der Waals surface area contributed by atoms with Crippen LogP contribution in [0.25, 0.3) is 0 Å². The van der Waals surface area contributed by atoms with E-state index in [1.807, 2.05) is 0 Å². The van der Waals surface area contributed by atoms with Gasteiger partial charge in [-0.2, -0.15) is 4.98 Å². The molecule has 0 spiro atoms. The average molecular weight is 170 g/mol. The number of hydrogen-bond acceptors (Lipinski definition) is 6. The standard InChI is InChI=1S/C5H10N6O/c1-9-2-3(6)10-5(8)11(12)4(2)7/h9,12H,7H2,1H3,(H3,6,8,10). The van der Waals surface area contributed by atoms with Crippen molar-refractivity contribution >= 4 is 17.3 Å². The van der Waals surface area contributed by atoms with Gasteiger partial charge in [-0.15, -0.1) is 4.73 Å². The number of nitrogens with two attached hydrogens (primary N) is 2. The maximum Gasteiger partial charge on any atom is 0.259 e. The van der Waals surface area contributed by atoms with Gasteiger partial charge in [-0.1, -0.05) is 0 Å². The van der Waals surface area contributed by atoms with Gasteiger partial charge in [0, 0.05) is 7.05 Å². The predicted molar refractivity (Wildman–Crippen MR) is 43.6 cm³/mol. The Morgan fingerprint density at radius 1 is 1.58 bits per heavy atom. The number of aromatic nitrogens is 2. The van der Waals surface area contributed by atoms with Crippen LogP contribution in [-0.4, -0.2) is 22.0 Å². The minimum atomic E-state index is -0.399. The van der Waals surface area contributed by atoms with Crippen LogP contribution in [0.15, 0.2) is 0 Å². The highest BCUT2D eigenvalue weighted by molar-refractivity contribution is 5.73. The van der Waals surface area contributed by atoms with Gasteiger partial charge in [0.2, 0.25) is 0 Å². The first-order valence-electron chi connectivity index (χ1n) is 3.17. The molecule has 0 aromatic carbocycles. The van der Waals surface area contributed by atoms with Crippen molar-refractivity contribution in [2.45, 2.75) is 0 Å². The summed E-state index contributed by atoms with van der Waals surface area (Å²) in [6.07, 6.45) is 0. The highest BCUT2D eigenvalue weighted by Crippen LogP contribution is 2.19. The first kappa shape index (κ1) is 8.18. The SMILES string of the molecule is CNc1c(N)nc(=N)n(O)c1N. The van der Waals surface area contributed by atoms with Gasteiger partial charge in [-0.05, 0) is 0 Å². The summed E-state index contributed by atoms with van der Waals surface area (Å²) >= 11 is 0. The second-order valence-electron chi connectivity index (χ2n) is 2.14. The van der Waals surface area contributed by atoms with Gasteiger partial charge in [-0.3, -0.25) is 5.41 Å². The van der Waals surface area contributed by atoms with E-state index in [2.05, 4.69) is 10.3 Å². The Morgan fingerprint density at radius 3 is 2.67 bits per heavy atom. The van der Waals surface area contributed by atoms with Gasteiger partial charge < -0.3 is 22.0 Å². The smallest absolute Gasteiger partial charge is 0.259 e. The van der Waals surface area contributed by atoms with Crippen molar-refractivity contribution in [3.05, 3.63) is 5.62 Å². The number of nitrogen functional groups attached to an aromatic ring is 2. The lowest BCUT2D eigenvalue weighted by Gasteiger charge is -2.09. The number of nitrogens with zero attached hydrogens (tertiary/aromatic N) is 2. The maximum atomic E-state index is 9.09. The molecule has 7 nitrogen and oxygen atoms in total. The Bertz CT molecular complexity index is 356. The molecular weight excluding hydrogens is 160 g/mol. The molecule has 1 rings (SSSR count). The molecule has 0 atom stereocenters. The summed E-state index contributed by atoms with van der Waals surface area (Å²) in [6, 6.07) is 0. The van der Waals surface area contributed by atoms with Gasteiger partial charge in [0.15, 0.2) is 11.6 Å². The lowest BCUT2D eigenvalue weighted by molar-refractivity contribution is 0.172. The lowest BCUT2D eigenvalue weighted by Crippen LogP contribution is -2.26. The summed E-state index contributed by atoms with van der Waals surface area (Å²) in [5, 5.41) is 18.8. The van der Waals surface area contributed by atoms with Crippen molar-refractivity contribution in [2.24, 2.45) is 0 Å². The third-order valence-electron chi connectivity index (χ3n) is 1.42. The third-order valence-corrected chi connectivity index (χ3v) is 1.42. The minimum absolute atomic E-state index is 0.0324. The molecule has 0 amide bonds. The fourth-order valence-electron chi connectivity index (χ4n) is 0.825. The lowest BCUT2D eigenvalue weighted by atomic mass is 10.4. The van der Waals surface area contributed by atoms with Crippen LogP contribution in [0.1, 0.15) is 0 Å². The molecule has 1 aromatic heterocycles. The molecule has 0 aliphatic heterocycles. The molecule has 0 bridgehead atoms. The summed E-state index contributed by atoms with van der Waals surface area (Å²) in [4.78, 5) is 3.52. The molecule has 0 fully saturated rings. The van der Waals surface area contributed by atoms with E-state index in [1.165, 1.54) is 0 Å². The normalized spacial score (nSPS) is 9.75. The van der Waals surface area contributed by atoms with Crippen LogP contribution in [0, 0.1) is 5.41 Å². The first-order valence-corrected chi connectivity index (χ1v) is 3.17. The summed E-state index contributed by atoms with van der Waals surface area (Å²) in [5.74, 6) is 0.0558. The Balaban J connectivity index is 3.51. The fourth-order valence-corrected chi connectivity index (χ4v) is 0.825. The van der Waals surface area contributed by atoms with Crippen LogP contribution in [0.3, 0.4) is 0 Å². The number of anilines is 3. The van der Waals surface area contributed by atoms with Gasteiger partial charge >= 0.3 is 0 Å². The number of hydrogen-bond donors (Lipinski definition) is 5. The third kappa shape index (κ3) is 1.00. The molecule has 0 saturated carbocycles. The maximum absolute atomic E-state index is 9.09. The number of rotatable bonds is 1. The molecule has 1 aromatic rings. The van der Waals surface area contributed by atoms with Crippen LogP contribution in [0.5, 0.6) is 0 Å². The minimum Gasteiger partial charge on any atom is -0.423 e. The molecule has 0 radical (unpaired) electrons. The highest BCUT2D eigenvalue weighted by Gasteiger charge is 2.08. The van der Waals surface area contributed by atoms with Crippen LogP contribution in [0.4, 0.5) is 17.3 Å². The summed E-state index contributed by atoms with van der Waals surface area (Å²) < 4.78 is 0.447. The molecule has 1 heterocycles. The Labute approximate surface area is 68.1 Å². The zero-order valence-electron chi connectivity index (χ0n) is 6.50. The molecule has 7 N–H and O–H groups in total. The van der Waals surface area contributed by atoms with Crippen LogP contribution in [-0.2, 0) is 0 Å². The average Bonchev–Trinajstić information content (AvgIpc) is 2.01. The van der Waals surface area contributed by atoms with Crippen molar-refractivity contribution in [3.8, 4) is 0 Å². The molecule has 12 heavy (non-hydrogen) atoms. The first-order chi connectivity index (χ1) is 5.57. The van der Waals surface area contributed by atoms with E-state index in [1.54, 1.807) is 7.05 Å². The van der Waals surface area contributed by atoms with Gasteiger partial charge in [0.25, 0.3) is 5.62 Å². The molecular formula is C5H10N6O.